The van der Waals surface area contributed by atoms with Gasteiger partial charge in [0.2, 0.25) is 20.0 Å². The minimum atomic E-state index is -3.62. The molecule has 0 atom stereocenters. The molecule has 1 heterocycles. The minimum Gasteiger partial charge on any atom is -0.317 e. The molecule has 1 fully saturated rings. The fourth-order valence-electron chi connectivity index (χ4n) is 1.90. The second-order valence-electron chi connectivity index (χ2n) is 4.56. The van der Waals surface area contributed by atoms with Crippen LogP contribution in [0.25, 0.3) is 0 Å². The maximum atomic E-state index is 11.6. The van der Waals surface area contributed by atoms with Crippen molar-refractivity contribution in [3.8, 4) is 0 Å². The van der Waals surface area contributed by atoms with E-state index >= 15 is 0 Å². The first kappa shape index (κ1) is 15.8. The first-order valence-electron chi connectivity index (χ1n) is 5.97. The van der Waals surface area contributed by atoms with E-state index in [-0.39, 0.29) is 18.1 Å². The molecule has 0 aliphatic carbocycles. The normalized spacial score (nSPS) is 18.9. The average molecular weight is 299 g/mol. The van der Waals surface area contributed by atoms with E-state index in [9.17, 15) is 16.8 Å². The van der Waals surface area contributed by atoms with Crippen LogP contribution in [0, 0.1) is 5.92 Å². The lowest BCUT2D eigenvalue weighted by Crippen LogP contribution is -2.34. The summed E-state index contributed by atoms with van der Waals surface area (Å²) in [6.07, 6.45) is 2.60. The van der Waals surface area contributed by atoms with Crippen molar-refractivity contribution in [2.24, 2.45) is 11.1 Å². The third kappa shape index (κ3) is 7.27. The van der Waals surface area contributed by atoms with Gasteiger partial charge in [0.15, 0.2) is 0 Å². The van der Waals surface area contributed by atoms with Crippen LogP contribution >= 0.6 is 0 Å². The highest BCUT2D eigenvalue weighted by Gasteiger charge is 2.17. The lowest BCUT2D eigenvalue weighted by Gasteiger charge is -2.22. The molecule has 1 rings (SSSR count). The predicted molar refractivity (Wildman–Crippen MR) is 70.0 cm³/mol. The number of hydrogen-bond donors (Lipinski definition) is 3. The summed E-state index contributed by atoms with van der Waals surface area (Å²) < 4.78 is 46.8. The molecule has 108 valence electrons. The first-order valence-corrected chi connectivity index (χ1v) is 9.34. The van der Waals surface area contributed by atoms with Crippen LogP contribution in [0.5, 0.6) is 0 Å². The van der Waals surface area contributed by atoms with Gasteiger partial charge >= 0.3 is 0 Å². The van der Waals surface area contributed by atoms with Crippen LogP contribution in [0.1, 0.15) is 19.3 Å². The van der Waals surface area contributed by atoms with Gasteiger partial charge in [0.05, 0.1) is 11.5 Å². The number of nitrogens with two attached hydrogens (primary N) is 1. The second-order valence-corrected chi connectivity index (χ2v) is 8.22. The SMILES string of the molecule is NS(=O)(=O)CCNS(=O)(=O)CCC1CCNCC1. The number of hydrogen-bond acceptors (Lipinski definition) is 5. The van der Waals surface area contributed by atoms with Gasteiger partial charge in [0, 0.05) is 6.54 Å². The van der Waals surface area contributed by atoms with Crippen LogP contribution in [0.2, 0.25) is 0 Å². The molecule has 4 N–H and O–H groups in total. The van der Waals surface area contributed by atoms with Gasteiger partial charge in [-0.05, 0) is 38.3 Å². The van der Waals surface area contributed by atoms with Crippen LogP contribution in [0.3, 0.4) is 0 Å². The Morgan fingerprint density at radius 2 is 1.72 bits per heavy atom. The summed E-state index contributed by atoms with van der Waals surface area (Å²) in [5.74, 6) is 0.100. The number of nitrogens with one attached hydrogen (secondary N) is 2. The van der Waals surface area contributed by atoms with Crippen LogP contribution in [-0.2, 0) is 20.0 Å². The summed E-state index contributed by atoms with van der Waals surface area (Å²) in [6, 6.07) is 0. The van der Waals surface area contributed by atoms with Gasteiger partial charge in [-0.2, -0.15) is 0 Å². The summed E-state index contributed by atoms with van der Waals surface area (Å²) in [5.41, 5.74) is 0. The van der Waals surface area contributed by atoms with Crippen molar-refractivity contribution >= 4 is 20.0 Å². The molecule has 7 nitrogen and oxygen atoms in total. The fourth-order valence-corrected chi connectivity index (χ4v) is 3.62. The molecule has 0 unspecified atom stereocenters. The Hall–Kier alpha value is -0.220. The van der Waals surface area contributed by atoms with E-state index in [1.165, 1.54) is 0 Å². The van der Waals surface area contributed by atoms with Gasteiger partial charge in [-0.15, -0.1) is 0 Å². The summed E-state index contributed by atoms with van der Waals surface area (Å²) in [7, 11) is -7.01. The van der Waals surface area contributed by atoms with Crippen molar-refractivity contribution in [1.82, 2.24) is 10.0 Å². The van der Waals surface area contributed by atoms with Crippen molar-refractivity contribution in [1.29, 1.82) is 0 Å². The van der Waals surface area contributed by atoms with E-state index < -0.39 is 20.0 Å². The lowest BCUT2D eigenvalue weighted by molar-refractivity contribution is 0.365. The van der Waals surface area contributed by atoms with Gasteiger partial charge in [0.1, 0.15) is 0 Å². The summed E-state index contributed by atoms with van der Waals surface area (Å²) >= 11 is 0. The highest BCUT2D eigenvalue weighted by atomic mass is 32.2. The number of primary sulfonamides is 1. The topological polar surface area (TPSA) is 118 Å². The van der Waals surface area contributed by atoms with Gasteiger partial charge in [-0.3, -0.25) is 0 Å². The third-order valence-electron chi connectivity index (χ3n) is 2.96. The maximum Gasteiger partial charge on any atom is 0.211 e. The molecule has 1 saturated heterocycles. The standard InChI is InChI=1S/C9H21N3O4S2/c10-17(13,14)8-6-12-18(15,16)7-3-9-1-4-11-5-2-9/h9,11-12H,1-8H2,(H2,10,13,14). The van der Waals surface area contributed by atoms with E-state index in [2.05, 4.69) is 10.0 Å². The molecule has 1 aliphatic rings. The molecular weight excluding hydrogens is 278 g/mol. The van der Waals surface area contributed by atoms with Crippen molar-refractivity contribution in [2.75, 3.05) is 31.1 Å². The van der Waals surface area contributed by atoms with Crippen molar-refractivity contribution in [3.63, 3.8) is 0 Å². The van der Waals surface area contributed by atoms with Crippen LogP contribution < -0.4 is 15.2 Å². The van der Waals surface area contributed by atoms with E-state index in [0.717, 1.165) is 25.9 Å². The third-order valence-corrected chi connectivity index (χ3v) is 5.15. The van der Waals surface area contributed by atoms with E-state index in [0.29, 0.717) is 12.3 Å². The zero-order chi connectivity index (χ0) is 13.6. The molecule has 9 heteroatoms. The Morgan fingerprint density at radius 1 is 1.11 bits per heavy atom. The van der Waals surface area contributed by atoms with Gasteiger partial charge in [0.25, 0.3) is 0 Å². The molecule has 0 amide bonds. The second kappa shape index (κ2) is 6.80. The fraction of sp³-hybridized carbons (Fsp3) is 1.00. The van der Waals surface area contributed by atoms with Crippen molar-refractivity contribution in [3.05, 3.63) is 0 Å². The molecule has 0 bridgehead atoms. The van der Waals surface area contributed by atoms with E-state index in [1.807, 2.05) is 0 Å². The van der Waals surface area contributed by atoms with Crippen LogP contribution in [-0.4, -0.2) is 48.0 Å². The highest BCUT2D eigenvalue weighted by molar-refractivity contribution is 7.90. The van der Waals surface area contributed by atoms with Crippen molar-refractivity contribution < 1.29 is 16.8 Å². The Morgan fingerprint density at radius 3 is 2.28 bits per heavy atom. The molecule has 0 aromatic rings. The molecule has 0 radical (unpaired) electrons. The highest BCUT2D eigenvalue weighted by Crippen LogP contribution is 2.16. The molecule has 0 aromatic heterocycles. The molecule has 18 heavy (non-hydrogen) atoms. The molecule has 1 aliphatic heterocycles. The lowest BCUT2D eigenvalue weighted by atomic mass is 9.96. The zero-order valence-corrected chi connectivity index (χ0v) is 11.9. The average Bonchev–Trinajstić information content (AvgIpc) is 2.26. The van der Waals surface area contributed by atoms with E-state index in [4.69, 9.17) is 5.14 Å². The quantitative estimate of drug-likeness (QED) is 0.533. The Balaban J connectivity index is 2.26. The summed E-state index contributed by atoms with van der Waals surface area (Å²) in [4.78, 5) is 0. The maximum absolute atomic E-state index is 11.6. The molecule has 0 saturated carbocycles. The molecule has 0 spiro atoms. The van der Waals surface area contributed by atoms with Gasteiger partial charge < -0.3 is 5.32 Å². The summed E-state index contributed by atoms with van der Waals surface area (Å²) in [6.45, 7) is 1.71. The number of piperidine rings is 1. The largest absolute Gasteiger partial charge is 0.317 e. The molecule has 0 aromatic carbocycles. The number of sulfonamides is 2. The predicted octanol–water partition coefficient (Wildman–Crippen LogP) is -1.42. The number of rotatable bonds is 7. The van der Waals surface area contributed by atoms with Crippen LogP contribution in [0.15, 0.2) is 0 Å². The van der Waals surface area contributed by atoms with Crippen molar-refractivity contribution in [2.45, 2.75) is 19.3 Å². The van der Waals surface area contributed by atoms with Crippen LogP contribution in [0.4, 0.5) is 0 Å². The summed E-state index contributed by atoms with van der Waals surface area (Å²) in [5, 5.41) is 8.00. The first-order chi connectivity index (χ1) is 8.29. The smallest absolute Gasteiger partial charge is 0.211 e. The van der Waals surface area contributed by atoms with Gasteiger partial charge in [-0.1, -0.05) is 0 Å². The molecular formula is C9H21N3O4S2. The Bertz CT molecular complexity index is 440. The monoisotopic (exact) mass is 299 g/mol. The minimum absolute atomic E-state index is 0.0439. The van der Waals surface area contributed by atoms with Gasteiger partial charge in [-0.25, -0.2) is 26.7 Å². The van der Waals surface area contributed by atoms with E-state index in [1.54, 1.807) is 0 Å². The Labute approximate surface area is 109 Å². The zero-order valence-electron chi connectivity index (χ0n) is 10.3. The Kier molecular flexibility index (Phi) is 5.99.